The minimum absolute atomic E-state index is 0.0947. The van der Waals surface area contributed by atoms with Crippen molar-refractivity contribution in [3.63, 3.8) is 0 Å². The number of carbonyl (C=O) groups is 2. The van der Waals surface area contributed by atoms with Gasteiger partial charge in [0.05, 0.1) is 12.6 Å². The highest BCUT2D eigenvalue weighted by Gasteiger charge is 2.10. The number of hydrogen-bond acceptors (Lipinski definition) is 4. The number of rotatable bonds is 6. The molecule has 0 saturated carbocycles. The number of likely N-dealkylation sites (N-methyl/N-ethyl adjacent to an activating group) is 1. The molecule has 1 aromatic rings. The monoisotopic (exact) mass is 278 g/mol. The van der Waals surface area contributed by atoms with Crippen LogP contribution in [0.2, 0.25) is 0 Å². The fourth-order valence-corrected chi connectivity index (χ4v) is 1.79. The first-order chi connectivity index (χ1) is 9.42. The van der Waals surface area contributed by atoms with Crippen LogP contribution in [0.15, 0.2) is 24.3 Å². The molecule has 0 radical (unpaired) electrons. The van der Waals surface area contributed by atoms with Gasteiger partial charge in [-0.1, -0.05) is 12.1 Å². The molecule has 0 unspecified atom stereocenters. The third kappa shape index (κ3) is 5.40. The maximum Gasteiger partial charge on any atom is 0.320 e. The lowest BCUT2D eigenvalue weighted by Gasteiger charge is -2.17. The predicted molar refractivity (Wildman–Crippen MR) is 77.4 cm³/mol. The largest absolute Gasteiger partial charge is 0.462 e. The van der Waals surface area contributed by atoms with Crippen LogP contribution in [0.5, 0.6) is 0 Å². The molecule has 0 spiro atoms. The third-order valence-corrected chi connectivity index (χ3v) is 2.66. The summed E-state index contributed by atoms with van der Waals surface area (Å²) in [6, 6.07) is 7.31. The van der Waals surface area contributed by atoms with Crippen molar-refractivity contribution in [1.82, 2.24) is 10.2 Å². The molecule has 1 rings (SSSR count). The van der Waals surface area contributed by atoms with Crippen LogP contribution in [0.4, 0.5) is 0 Å². The van der Waals surface area contributed by atoms with Gasteiger partial charge in [0.2, 0.25) is 0 Å². The highest BCUT2D eigenvalue weighted by molar-refractivity contribution is 5.93. The predicted octanol–water partition coefficient (Wildman–Crippen LogP) is 1.43. The minimum Gasteiger partial charge on any atom is -0.462 e. The van der Waals surface area contributed by atoms with Crippen LogP contribution in [-0.2, 0) is 16.1 Å². The van der Waals surface area contributed by atoms with E-state index in [2.05, 4.69) is 5.32 Å². The Bertz CT molecular complexity index is 455. The molecule has 0 aliphatic carbocycles. The zero-order valence-corrected chi connectivity index (χ0v) is 12.5. The van der Waals surface area contributed by atoms with Crippen molar-refractivity contribution in [3.8, 4) is 0 Å². The molecule has 0 aliphatic heterocycles. The Morgan fingerprint density at radius 3 is 2.35 bits per heavy atom. The Morgan fingerprint density at radius 1 is 1.25 bits per heavy atom. The van der Waals surface area contributed by atoms with Gasteiger partial charge in [-0.3, -0.25) is 14.5 Å². The molecular weight excluding hydrogens is 256 g/mol. The molecule has 110 valence electrons. The van der Waals surface area contributed by atoms with Gasteiger partial charge in [-0.25, -0.2) is 0 Å². The van der Waals surface area contributed by atoms with Gasteiger partial charge in [0, 0.05) is 19.2 Å². The van der Waals surface area contributed by atoms with E-state index in [4.69, 9.17) is 4.74 Å². The average molecular weight is 278 g/mol. The molecule has 1 aromatic carbocycles. The van der Waals surface area contributed by atoms with E-state index in [1.165, 1.54) is 0 Å². The minimum atomic E-state index is -0.232. The Morgan fingerprint density at radius 2 is 1.85 bits per heavy atom. The van der Waals surface area contributed by atoms with E-state index in [0.29, 0.717) is 12.1 Å². The number of hydrogen-bond donors (Lipinski definition) is 1. The first kappa shape index (κ1) is 16.2. The summed E-state index contributed by atoms with van der Waals surface area (Å²) in [6.07, 6.45) is -0.0947. The molecule has 0 fully saturated rings. The molecule has 20 heavy (non-hydrogen) atoms. The number of amides is 1. The summed E-state index contributed by atoms with van der Waals surface area (Å²) in [7, 11) is 3.46. The van der Waals surface area contributed by atoms with E-state index in [1.807, 2.05) is 37.9 Å². The number of carbonyl (C=O) groups excluding carboxylic acids is 2. The lowest BCUT2D eigenvalue weighted by molar-refractivity contribution is -0.148. The molecule has 0 heterocycles. The highest BCUT2D eigenvalue weighted by Crippen LogP contribution is 2.07. The van der Waals surface area contributed by atoms with E-state index in [0.717, 1.165) is 5.56 Å². The molecule has 1 amide bonds. The zero-order valence-electron chi connectivity index (χ0n) is 12.5. The van der Waals surface area contributed by atoms with Crippen molar-refractivity contribution in [2.45, 2.75) is 26.5 Å². The Labute approximate surface area is 119 Å². The summed E-state index contributed by atoms with van der Waals surface area (Å²) in [6.45, 7) is 4.53. The fraction of sp³-hybridized carbons (Fsp3) is 0.467. The Hall–Kier alpha value is -1.88. The summed E-state index contributed by atoms with van der Waals surface area (Å²) in [5.74, 6) is -0.338. The second-order valence-corrected chi connectivity index (χ2v) is 4.99. The van der Waals surface area contributed by atoms with Crippen LogP contribution in [0.3, 0.4) is 0 Å². The molecule has 0 atom stereocenters. The van der Waals surface area contributed by atoms with Crippen LogP contribution >= 0.6 is 0 Å². The normalized spacial score (nSPS) is 10.7. The smallest absolute Gasteiger partial charge is 0.320 e. The van der Waals surface area contributed by atoms with E-state index in [9.17, 15) is 9.59 Å². The summed E-state index contributed by atoms with van der Waals surface area (Å²) in [4.78, 5) is 24.8. The molecule has 1 N–H and O–H groups in total. The van der Waals surface area contributed by atoms with Crippen LogP contribution in [-0.4, -0.2) is 43.5 Å². The SMILES string of the molecule is CNC(=O)c1ccc(CN(C)CC(=O)OC(C)C)cc1. The van der Waals surface area contributed by atoms with Gasteiger partial charge in [0.1, 0.15) is 0 Å². The first-order valence-electron chi connectivity index (χ1n) is 6.61. The molecule has 0 bridgehead atoms. The number of nitrogens with one attached hydrogen (secondary N) is 1. The molecule has 5 nitrogen and oxygen atoms in total. The van der Waals surface area contributed by atoms with Gasteiger partial charge < -0.3 is 10.1 Å². The van der Waals surface area contributed by atoms with Crippen LogP contribution < -0.4 is 5.32 Å². The zero-order chi connectivity index (χ0) is 15.1. The second-order valence-electron chi connectivity index (χ2n) is 4.99. The van der Waals surface area contributed by atoms with Crippen molar-refractivity contribution >= 4 is 11.9 Å². The van der Waals surface area contributed by atoms with Crippen molar-refractivity contribution in [2.24, 2.45) is 0 Å². The second kappa shape index (κ2) is 7.65. The molecule has 0 saturated heterocycles. The maximum atomic E-state index is 11.5. The number of nitrogens with zero attached hydrogens (tertiary/aromatic N) is 1. The highest BCUT2D eigenvalue weighted by atomic mass is 16.5. The Balaban J connectivity index is 2.52. The number of esters is 1. The van der Waals surface area contributed by atoms with Gasteiger partial charge in [0.15, 0.2) is 0 Å². The molecular formula is C15H22N2O3. The van der Waals surface area contributed by atoms with Crippen LogP contribution in [0.1, 0.15) is 29.8 Å². The van der Waals surface area contributed by atoms with Gasteiger partial charge in [-0.05, 0) is 38.6 Å². The summed E-state index contributed by atoms with van der Waals surface area (Å²) < 4.78 is 5.09. The lowest BCUT2D eigenvalue weighted by Crippen LogP contribution is -2.28. The fourth-order valence-electron chi connectivity index (χ4n) is 1.79. The van der Waals surface area contributed by atoms with Gasteiger partial charge in [-0.15, -0.1) is 0 Å². The average Bonchev–Trinajstić information content (AvgIpc) is 2.37. The Kier molecular flexibility index (Phi) is 6.18. The van der Waals surface area contributed by atoms with Gasteiger partial charge in [-0.2, -0.15) is 0 Å². The van der Waals surface area contributed by atoms with Gasteiger partial charge in [0.25, 0.3) is 5.91 Å². The first-order valence-corrected chi connectivity index (χ1v) is 6.61. The molecule has 5 heteroatoms. The number of ether oxygens (including phenoxy) is 1. The van der Waals surface area contributed by atoms with Crippen LogP contribution in [0, 0.1) is 0 Å². The van der Waals surface area contributed by atoms with Crippen LogP contribution in [0.25, 0.3) is 0 Å². The third-order valence-electron chi connectivity index (χ3n) is 2.66. The lowest BCUT2D eigenvalue weighted by atomic mass is 10.1. The summed E-state index contributed by atoms with van der Waals surface area (Å²) >= 11 is 0. The van der Waals surface area contributed by atoms with E-state index in [-0.39, 0.29) is 24.5 Å². The maximum absolute atomic E-state index is 11.5. The standard InChI is InChI=1S/C15H22N2O3/c1-11(2)20-14(18)10-17(4)9-12-5-7-13(8-6-12)15(19)16-3/h5-8,11H,9-10H2,1-4H3,(H,16,19). The number of benzene rings is 1. The van der Waals surface area contributed by atoms with Crippen molar-refractivity contribution in [1.29, 1.82) is 0 Å². The van der Waals surface area contributed by atoms with Crippen molar-refractivity contribution in [2.75, 3.05) is 20.6 Å². The quantitative estimate of drug-likeness (QED) is 0.800. The van der Waals surface area contributed by atoms with E-state index < -0.39 is 0 Å². The van der Waals surface area contributed by atoms with Crippen molar-refractivity contribution < 1.29 is 14.3 Å². The molecule has 0 aromatic heterocycles. The topological polar surface area (TPSA) is 58.6 Å². The van der Waals surface area contributed by atoms with E-state index >= 15 is 0 Å². The van der Waals surface area contributed by atoms with Gasteiger partial charge >= 0.3 is 5.97 Å². The summed E-state index contributed by atoms with van der Waals surface area (Å²) in [5.41, 5.74) is 1.66. The molecule has 0 aliphatic rings. The van der Waals surface area contributed by atoms with Crippen molar-refractivity contribution in [3.05, 3.63) is 35.4 Å². The summed E-state index contributed by atoms with van der Waals surface area (Å²) in [5, 5.41) is 2.58. The van der Waals surface area contributed by atoms with E-state index in [1.54, 1.807) is 19.2 Å².